The van der Waals surface area contributed by atoms with Gasteiger partial charge in [-0.2, -0.15) is 9.38 Å². The van der Waals surface area contributed by atoms with Crippen LogP contribution >= 0.6 is 0 Å². The number of nitrogens with zero attached hydrogens (tertiary/aromatic N) is 3. The molecule has 0 bridgehead atoms. The number of ether oxygens (including phenoxy) is 1. The summed E-state index contributed by atoms with van der Waals surface area (Å²) in [5.41, 5.74) is -1.44. The van der Waals surface area contributed by atoms with Crippen molar-refractivity contribution in [1.82, 2.24) is 9.38 Å². The third-order valence-electron chi connectivity index (χ3n) is 2.99. The van der Waals surface area contributed by atoms with Crippen molar-refractivity contribution in [2.45, 2.75) is 19.4 Å². The lowest BCUT2D eigenvalue weighted by Crippen LogP contribution is -2.43. The lowest BCUT2D eigenvalue weighted by Gasteiger charge is -2.20. The first kappa shape index (κ1) is 15.7. The highest BCUT2D eigenvalue weighted by molar-refractivity contribution is 5.79. The van der Waals surface area contributed by atoms with Gasteiger partial charge in [0.25, 0.3) is 0 Å². The van der Waals surface area contributed by atoms with Crippen LogP contribution in [0.5, 0.6) is 0 Å². The standard InChI is InChI=1S/C13H16N4O5/c1-3-22-12(18)13(2,19)8-14-10-11(17(20)21)16-7-5-4-6-9(16)15-10/h4-7,14,19H,3,8H2,1-2H3/t13-/m0/s1. The van der Waals surface area contributed by atoms with E-state index < -0.39 is 16.5 Å². The van der Waals surface area contributed by atoms with E-state index in [0.717, 1.165) is 0 Å². The van der Waals surface area contributed by atoms with Gasteiger partial charge in [-0.05, 0) is 24.8 Å². The number of imidazole rings is 1. The van der Waals surface area contributed by atoms with E-state index in [-0.39, 0.29) is 24.8 Å². The summed E-state index contributed by atoms with van der Waals surface area (Å²) in [4.78, 5) is 26.3. The molecule has 2 aromatic heterocycles. The molecule has 2 N–H and O–H groups in total. The average Bonchev–Trinajstić information content (AvgIpc) is 2.84. The fourth-order valence-corrected chi connectivity index (χ4v) is 1.89. The number of esters is 1. The molecule has 0 aliphatic carbocycles. The summed E-state index contributed by atoms with van der Waals surface area (Å²) in [5, 5.41) is 23.9. The summed E-state index contributed by atoms with van der Waals surface area (Å²) in [6.45, 7) is 2.74. The van der Waals surface area contributed by atoms with Gasteiger partial charge in [-0.25, -0.2) is 4.79 Å². The minimum Gasteiger partial charge on any atom is -0.464 e. The molecule has 0 saturated heterocycles. The molecule has 22 heavy (non-hydrogen) atoms. The second-order valence-electron chi connectivity index (χ2n) is 4.82. The number of anilines is 1. The molecule has 2 aromatic rings. The van der Waals surface area contributed by atoms with E-state index in [2.05, 4.69) is 10.3 Å². The minimum atomic E-state index is -1.82. The molecule has 0 saturated carbocycles. The monoisotopic (exact) mass is 308 g/mol. The van der Waals surface area contributed by atoms with Gasteiger partial charge in [0.2, 0.25) is 11.5 Å². The maximum atomic E-state index is 11.6. The van der Waals surface area contributed by atoms with Gasteiger partial charge in [0.1, 0.15) is 0 Å². The summed E-state index contributed by atoms with van der Waals surface area (Å²) in [7, 11) is 0. The van der Waals surface area contributed by atoms with Gasteiger partial charge in [0.15, 0.2) is 5.60 Å². The van der Waals surface area contributed by atoms with Crippen molar-refractivity contribution >= 4 is 23.3 Å². The first-order valence-electron chi connectivity index (χ1n) is 6.61. The number of nitro groups is 1. The average molecular weight is 308 g/mol. The molecule has 0 spiro atoms. The van der Waals surface area contributed by atoms with E-state index in [0.29, 0.717) is 5.65 Å². The highest BCUT2D eigenvalue weighted by Gasteiger charge is 2.33. The molecular formula is C13H16N4O5. The zero-order valence-corrected chi connectivity index (χ0v) is 12.1. The highest BCUT2D eigenvalue weighted by Crippen LogP contribution is 2.25. The van der Waals surface area contributed by atoms with Crippen LogP contribution in [0, 0.1) is 10.1 Å². The second-order valence-corrected chi connectivity index (χ2v) is 4.82. The number of carbonyl (C=O) groups excluding carboxylic acids is 1. The van der Waals surface area contributed by atoms with Crippen molar-refractivity contribution in [2.24, 2.45) is 0 Å². The molecule has 0 unspecified atom stereocenters. The van der Waals surface area contributed by atoms with E-state index in [4.69, 9.17) is 4.74 Å². The van der Waals surface area contributed by atoms with Gasteiger partial charge in [0.05, 0.1) is 19.3 Å². The Labute approximate surface area is 125 Å². The summed E-state index contributed by atoms with van der Waals surface area (Å²) in [5.74, 6) is -1.11. The minimum absolute atomic E-state index is 0.0271. The van der Waals surface area contributed by atoms with Crippen molar-refractivity contribution in [3.8, 4) is 0 Å². The summed E-state index contributed by atoms with van der Waals surface area (Å²) in [6, 6.07) is 4.95. The van der Waals surface area contributed by atoms with E-state index in [9.17, 15) is 20.0 Å². The molecule has 0 radical (unpaired) electrons. The SMILES string of the molecule is CCOC(=O)[C@@](C)(O)CNc1nc2ccccn2c1[N+](=O)[O-]. The third-order valence-corrected chi connectivity index (χ3v) is 2.99. The van der Waals surface area contributed by atoms with Crippen LogP contribution in [0.2, 0.25) is 0 Å². The van der Waals surface area contributed by atoms with E-state index >= 15 is 0 Å². The molecule has 0 amide bonds. The second kappa shape index (κ2) is 5.98. The number of hydrogen-bond donors (Lipinski definition) is 2. The molecule has 2 rings (SSSR count). The van der Waals surface area contributed by atoms with Gasteiger partial charge >= 0.3 is 11.8 Å². The van der Waals surface area contributed by atoms with E-state index in [1.807, 2.05) is 0 Å². The number of aromatic nitrogens is 2. The number of carbonyl (C=O) groups is 1. The number of nitrogens with one attached hydrogen (secondary N) is 1. The molecule has 9 heteroatoms. The van der Waals surface area contributed by atoms with Gasteiger partial charge in [-0.15, -0.1) is 0 Å². The Morgan fingerprint density at radius 2 is 2.32 bits per heavy atom. The third kappa shape index (κ3) is 2.98. The Bertz CT molecular complexity index is 710. The van der Waals surface area contributed by atoms with Crippen LogP contribution < -0.4 is 5.32 Å². The smallest absolute Gasteiger partial charge is 0.372 e. The van der Waals surface area contributed by atoms with Crippen molar-refractivity contribution in [1.29, 1.82) is 0 Å². The van der Waals surface area contributed by atoms with Crippen LogP contribution in [0.1, 0.15) is 13.8 Å². The highest BCUT2D eigenvalue weighted by atomic mass is 16.6. The lowest BCUT2D eigenvalue weighted by atomic mass is 10.1. The van der Waals surface area contributed by atoms with E-state index in [1.165, 1.54) is 17.5 Å². The molecule has 0 aromatic carbocycles. The Morgan fingerprint density at radius 3 is 2.95 bits per heavy atom. The fraction of sp³-hybridized carbons (Fsp3) is 0.385. The number of pyridine rings is 1. The molecule has 0 fully saturated rings. The predicted octanol–water partition coefficient (Wildman–Crippen LogP) is 0.968. The Hall–Kier alpha value is -2.68. The molecule has 118 valence electrons. The zero-order chi connectivity index (χ0) is 16.3. The molecular weight excluding hydrogens is 292 g/mol. The van der Waals surface area contributed by atoms with Crippen LogP contribution in [0.3, 0.4) is 0 Å². The molecule has 0 aliphatic heterocycles. The predicted molar refractivity (Wildman–Crippen MR) is 77.6 cm³/mol. The van der Waals surface area contributed by atoms with Crippen LogP contribution in [0.25, 0.3) is 5.65 Å². The number of aliphatic hydroxyl groups is 1. The van der Waals surface area contributed by atoms with Crippen LogP contribution in [0.4, 0.5) is 11.6 Å². The van der Waals surface area contributed by atoms with Gasteiger partial charge in [-0.1, -0.05) is 6.07 Å². The van der Waals surface area contributed by atoms with Crippen LogP contribution in [-0.2, 0) is 9.53 Å². The quantitative estimate of drug-likeness (QED) is 0.463. The Morgan fingerprint density at radius 1 is 1.59 bits per heavy atom. The number of fused-ring (bicyclic) bond motifs is 1. The fourth-order valence-electron chi connectivity index (χ4n) is 1.89. The Kier molecular flexibility index (Phi) is 4.27. The molecule has 9 nitrogen and oxygen atoms in total. The molecule has 1 atom stereocenters. The van der Waals surface area contributed by atoms with Gasteiger partial charge < -0.3 is 25.3 Å². The van der Waals surface area contributed by atoms with E-state index in [1.54, 1.807) is 25.1 Å². The zero-order valence-electron chi connectivity index (χ0n) is 12.1. The van der Waals surface area contributed by atoms with Gasteiger partial charge in [0, 0.05) is 6.07 Å². The van der Waals surface area contributed by atoms with Crippen LogP contribution in [0.15, 0.2) is 24.4 Å². The lowest BCUT2D eigenvalue weighted by molar-refractivity contribution is -0.389. The maximum absolute atomic E-state index is 11.6. The van der Waals surface area contributed by atoms with Crippen molar-refractivity contribution in [3.05, 3.63) is 34.5 Å². The summed E-state index contributed by atoms with van der Waals surface area (Å²) < 4.78 is 6.05. The first-order valence-corrected chi connectivity index (χ1v) is 6.61. The number of rotatable bonds is 6. The van der Waals surface area contributed by atoms with Crippen LogP contribution in [-0.4, -0.2) is 44.1 Å². The molecule has 2 heterocycles. The Balaban J connectivity index is 2.27. The summed E-state index contributed by atoms with van der Waals surface area (Å²) >= 11 is 0. The first-order chi connectivity index (χ1) is 10.4. The van der Waals surface area contributed by atoms with Crippen molar-refractivity contribution < 1.29 is 19.6 Å². The molecule has 0 aliphatic rings. The largest absolute Gasteiger partial charge is 0.464 e. The van der Waals surface area contributed by atoms with Crippen molar-refractivity contribution in [3.63, 3.8) is 0 Å². The normalized spacial score (nSPS) is 13.6. The van der Waals surface area contributed by atoms with Gasteiger partial charge in [-0.3, -0.25) is 0 Å². The maximum Gasteiger partial charge on any atom is 0.372 e. The van der Waals surface area contributed by atoms with Crippen molar-refractivity contribution in [2.75, 3.05) is 18.5 Å². The topological polar surface area (TPSA) is 119 Å². The number of hydrogen-bond acceptors (Lipinski definition) is 7. The summed E-state index contributed by atoms with van der Waals surface area (Å²) in [6.07, 6.45) is 1.51.